The molecular formula is C16H18O3S2. The first kappa shape index (κ1) is 15.9. The molecule has 21 heavy (non-hydrogen) atoms. The van der Waals surface area contributed by atoms with Gasteiger partial charge in [-0.05, 0) is 43.2 Å². The molecule has 2 aromatic rings. The topological polar surface area (TPSA) is 35.5 Å². The molecule has 0 N–H and O–H groups in total. The van der Waals surface area contributed by atoms with Crippen LogP contribution >= 0.6 is 0 Å². The van der Waals surface area contributed by atoms with E-state index in [2.05, 4.69) is 0 Å². The summed E-state index contributed by atoms with van der Waals surface area (Å²) in [6.07, 6.45) is 0.656. The number of ether oxygens (including phenoxy) is 1. The zero-order chi connectivity index (χ0) is 15.3. The second-order valence-electron chi connectivity index (χ2n) is 4.69. The van der Waals surface area contributed by atoms with Crippen LogP contribution in [0.2, 0.25) is 0 Å². The summed E-state index contributed by atoms with van der Waals surface area (Å²) < 4.78 is 22.9. The average Bonchev–Trinajstić information content (AvgIpc) is 2.48. The van der Waals surface area contributed by atoms with Gasteiger partial charge in [-0.15, -0.1) is 0 Å². The number of benzene rings is 2. The van der Waals surface area contributed by atoms with Crippen LogP contribution in [0.4, 0.5) is 0 Å². The van der Waals surface area contributed by atoms with E-state index in [9.17, 15) is 4.21 Å². The van der Waals surface area contributed by atoms with E-state index < -0.39 is 8.77 Å². The fourth-order valence-electron chi connectivity index (χ4n) is 1.83. The number of hydrogen-bond acceptors (Lipinski definition) is 4. The Morgan fingerprint density at radius 3 is 2.24 bits per heavy atom. The lowest BCUT2D eigenvalue weighted by atomic mass is 10.1. The van der Waals surface area contributed by atoms with Gasteiger partial charge in [0.05, 0.1) is 18.6 Å². The smallest absolute Gasteiger partial charge is 0.173 e. The van der Waals surface area contributed by atoms with E-state index in [-0.39, 0.29) is 0 Å². The minimum Gasteiger partial charge on any atom is -0.497 e. The Hall–Kier alpha value is -1.43. The fraction of sp³-hybridized carbons (Fsp3) is 0.250. The van der Waals surface area contributed by atoms with Crippen molar-refractivity contribution >= 4 is 20.0 Å². The van der Waals surface area contributed by atoms with Crippen molar-refractivity contribution in [1.82, 2.24) is 0 Å². The Balaban J connectivity index is 1.93. The molecule has 0 fully saturated rings. The van der Waals surface area contributed by atoms with Crippen molar-refractivity contribution in [3.05, 3.63) is 59.7 Å². The molecule has 0 aliphatic heterocycles. The molecule has 0 radical (unpaired) electrons. The number of methoxy groups -OCH3 is 1. The molecule has 0 aliphatic rings. The first-order valence-electron chi connectivity index (χ1n) is 6.60. The zero-order valence-corrected chi connectivity index (χ0v) is 13.7. The molecule has 5 heteroatoms. The van der Waals surface area contributed by atoms with Crippen LogP contribution in [0.3, 0.4) is 0 Å². The maximum atomic E-state index is 12.4. The van der Waals surface area contributed by atoms with Crippen LogP contribution in [-0.4, -0.2) is 17.9 Å². The molecule has 112 valence electrons. The SMILES string of the molecule is COc1ccc(CCOS(=O)(=S)c2ccc(C)cc2)cc1. The normalized spacial score (nSPS) is 13.6. The Bertz CT molecular complexity index is 674. The highest BCUT2D eigenvalue weighted by Crippen LogP contribution is 2.15. The molecule has 1 atom stereocenters. The molecule has 3 nitrogen and oxygen atoms in total. The molecule has 0 heterocycles. The monoisotopic (exact) mass is 322 g/mol. The molecule has 0 saturated carbocycles. The highest BCUT2D eigenvalue weighted by molar-refractivity contribution is 8.30. The summed E-state index contributed by atoms with van der Waals surface area (Å²) in [6, 6.07) is 15.0. The lowest BCUT2D eigenvalue weighted by molar-refractivity contribution is 0.350. The molecule has 0 spiro atoms. The fourth-order valence-corrected chi connectivity index (χ4v) is 3.28. The maximum absolute atomic E-state index is 12.4. The summed E-state index contributed by atoms with van der Waals surface area (Å²) in [7, 11) is -1.22. The molecule has 1 unspecified atom stereocenters. The van der Waals surface area contributed by atoms with Crippen LogP contribution in [-0.2, 0) is 30.6 Å². The quantitative estimate of drug-likeness (QED) is 0.817. The molecule has 0 amide bonds. The van der Waals surface area contributed by atoms with Gasteiger partial charge in [0.25, 0.3) is 0 Å². The van der Waals surface area contributed by atoms with E-state index in [4.69, 9.17) is 20.1 Å². The Morgan fingerprint density at radius 2 is 1.67 bits per heavy atom. The van der Waals surface area contributed by atoms with Gasteiger partial charge in [-0.2, -0.15) is 0 Å². The van der Waals surface area contributed by atoms with E-state index in [1.54, 1.807) is 19.2 Å². The van der Waals surface area contributed by atoms with Crippen molar-refractivity contribution < 1.29 is 13.1 Å². The third-order valence-corrected chi connectivity index (χ3v) is 5.29. The second kappa shape index (κ2) is 7.02. The summed E-state index contributed by atoms with van der Waals surface area (Å²) in [5.41, 5.74) is 2.19. The lowest BCUT2D eigenvalue weighted by Crippen LogP contribution is -2.08. The van der Waals surface area contributed by atoms with Crippen LogP contribution in [0.5, 0.6) is 5.75 Å². The first-order chi connectivity index (χ1) is 10.0. The summed E-state index contributed by atoms with van der Waals surface area (Å²) in [4.78, 5) is 0.554. The Kier molecular flexibility index (Phi) is 5.33. The molecule has 0 aliphatic carbocycles. The van der Waals surface area contributed by atoms with Gasteiger partial charge in [-0.3, -0.25) is 4.18 Å². The van der Waals surface area contributed by atoms with E-state index in [1.165, 1.54) is 0 Å². The van der Waals surface area contributed by atoms with Crippen molar-refractivity contribution in [2.75, 3.05) is 13.7 Å². The largest absolute Gasteiger partial charge is 0.497 e. The van der Waals surface area contributed by atoms with Gasteiger partial charge in [-0.25, -0.2) is 4.21 Å². The standard InChI is InChI=1S/C16H18O3S2/c1-13-3-9-16(10-4-13)21(17,20)19-12-11-14-5-7-15(18-2)8-6-14/h3-10H,11-12H2,1-2H3. The van der Waals surface area contributed by atoms with Gasteiger partial charge in [0, 0.05) is 11.2 Å². The second-order valence-corrected chi connectivity index (χ2v) is 7.62. The molecule has 0 bridgehead atoms. The van der Waals surface area contributed by atoms with Crippen molar-refractivity contribution in [2.45, 2.75) is 18.2 Å². The Morgan fingerprint density at radius 1 is 1.05 bits per heavy atom. The van der Waals surface area contributed by atoms with E-state index in [0.29, 0.717) is 17.9 Å². The van der Waals surface area contributed by atoms with Crippen LogP contribution < -0.4 is 4.74 Å². The summed E-state index contributed by atoms with van der Waals surface area (Å²) in [6.45, 7) is 2.29. The van der Waals surface area contributed by atoms with Gasteiger partial charge in [0.2, 0.25) is 0 Å². The summed E-state index contributed by atoms with van der Waals surface area (Å²) in [5.74, 6) is 0.811. The van der Waals surface area contributed by atoms with Crippen molar-refractivity contribution in [3.63, 3.8) is 0 Å². The van der Waals surface area contributed by atoms with Crippen molar-refractivity contribution in [1.29, 1.82) is 0 Å². The highest BCUT2D eigenvalue weighted by Gasteiger charge is 2.10. The molecule has 2 aromatic carbocycles. The molecular weight excluding hydrogens is 304 g/mol. The minimum absolute atomic E-state index is 0.322. The number of hydrogen-bond donors (Lipinski definition) is 0. The van der Waals surface area contributed by atoms with E-state index >= 15 is 0 Å². The van der Waals surface area contributed by atoms with Crippen molar-refractivity contribution in [3.8, 4) is 5.75 Å². The van der Waals surface area contributed by atoms with E-state index in [1.807, 2.05) is 43.3 Å². The Labute approximate surface area is 130 Å². The van der Waals surface area contributed by atoms with Gasteiger partial charge in [0.15, 0.2) is 8.77 Å². The van der Waals surface area contributed by atoms with E-state index in [0.717, 1.165) is 16.9 Å². The van der Waals surface area contributed by atoms with Gasteiger partial charge < -0.3 is 4.74 Å². The predicted molar refractivity (Wildman–Crippen MR) is 87.6 cm³/mol. The average molecular weight is 322 g/mol. The maximum Gasteiger partial charge on any atom is 0.173 e. The lowest BCUT2D eigenvalue weighted by Gasteiger charge is -2.09. The first-order valence-corrected chi connectivity index (χ1v) is 9.01. The third-order valence-electron chi connectivity index (χ3n) is 3.10. The van der Waals surface area contributed by atoms with Crippen molar-refractivity contribution in [2.24, 2.45) is 0 Å². The van der Waals surface area contributed by atoms with Crippen LogP contribution in [0.1, 0.15) is 11.1 Å². The van der Waals surface area contributed by atoms with Gasteiger partial charge in [0.1, 0.15) is 5.75 Å². The van der Waals surface area contributed by atoms with Crippen LogP contribution in [0.15, 0.2) is 53.4 Å². The van der Waals surface area contributed by atoms with Gasteiger partial charge in [-0.1, -0.05) is 29.8 Å². The highest BCUT2D eigenvalue weighted by atomic mass is 32.8. The predicted octanol–water partition coefficient (Wildman–Crippen LogP) is 3.28. The van der Waals surface area contributed by atoms with Crippen LogP contribution in [0, 0.1) is 6.92 Å². The molecule has 0 aromatic heterocycles. The number of rotatable bonds is 6. The third kappa shape index (κ3) is 4.52. The minimum atomic E-state index is -2.85. The molecule has 2 rings (SSSR count). The zero-order valence-electron chi connectivity index (χ0n) is 12.1. The molecule has 0 saturated heterocycles. The van der Waals surface area contributed by atoms with Gasteiger partial charge >= 0.3 is 0 Å². The number of aryl methyl sites for hydroxylation is 1. The summed E-state index contributed by atoms with van der Waals surface area (Å²) >= 11 is 5.09. The summed E-state index contributed by atoms with van der Waals surface area (Å²) in [5, 5.41) is 0. The van der Waals surface area contributed by atoms with Crippen LogP contribution in [0.25, 0.3) is 0 Å².